The Kier molecular flexibility index (Phi) is 2.22. The average molecular weight is 178 g/mol. The number of hydrogen-bond donors (Lipinski definition) is 3. The molecule has 0 aliphatic carbocycles. The van der Waals surface area contributed by atoms with Crippen molar-refractivity contribution in [3.8, 4) is 0 Å². The molecule has 0 bridgehead atoms. The number of rotatable bonds is 2. The lowest BCUT2D eigenvalue weighted by Crippen LogP contribution is -2.38. The number of hydrazine groups is 1. The minimum atomic E-state index is 0.527. The molecular weight excluding hydrogens is 168 g/mol. The van der Waals surface area contributed by atoms with Gasteiger partial charge in [0.1, 0.15) is 0 Å². The van der Waals surface area contributed by atoms with Gasteiger partial charge in [-0.2, -0.15) is 0 Å². The zero-order valence-electron chi connectivity index (χ0n) is 6.99. The summed E-state index contributed by atoms with van der Waals surface area (Å²) in [6, 6.07) is 1.76. The van der Waals surface area contributed by atoms with Crippen molar-refractivity contribution in [1.29, 1.82) is 0 Å². The van der Waals surface area contributed by atoms with Gasteiger partial charge in [0.05, 0.1) is 6.54 Å². The quantitative estimate of drug-likeness (QED) is 0.525. The van der Waals surface area contributed by atoms with Gasteiger partial charge in [0.2, 0.25) is 11.9 Å². The van der Waals surface area contributed by atoms with Crippen molar-refractivity contribution in [2.24, 2.45) is 4.99 Å². The summed E-state index contributed by atoms with van der Waals surface area (Å²) in [7, 11) is 0. The monoisotopic (exact) mass is 178 g/mol. The Hall–Kier alpha value is -1.85. The standard InChI is InChI=1S/C7H10N6/c1-2-8-6(9-3-1)12-13-7-10-4-5-11-7/h1-3H,4-5H2,(H,8,9,12)(H2,10,11,13). The first-order chi connectivity index (χ1) is 6.45. The van der Waals surface area contributed by atoms with Crippen LogP contribution in [0.25, 0.3) is 0 Å². The highest BCUT2D eigenvalue weighted by Gasteiger charge is 2.02. The Morgan fingerprint density at radius 2 is 2.08 bits per heavy atom. The number of aromatic nitrogens is 2. The maximum atomic E-state index is 4.13. The maximum Gasteiger partial charge on any atom is 0.241 e. The van der Waals surface area contributed by atoms with Crippen LogP contribution in [0, 0.1) is 0 Å². The van der Waals surface area contributed by atoms with Crippen LogP contribution in [0.5, 0.6) is 0 Å². The van der Waals surface area contributed by atoms with Crippen LogP contribution in [0.3, 0.4) is 0 Å². The van der Waals surface area contributed by atoms with Crippen molar-refractivity contribution in [3.63, 3.8) is 0 Å². The third-order valence-corrected chi connectivity index (χ3v) is 1.53. The van der Waals surface area contributed by atoms with E-state index in [0.717, 1.165) is 19.0 Å². The van der Waals surface area contributed by atoms with Crippen LogP contribution in [0.2, 0.25) is 0 Å². The highest BCUT2D eigenvalue weighted by atomic mass is 15.5. The molecule has 0 unspecified atom stereocenters. The van der Waals surface area contributed by atoms with Crippen LogP contribution in [0.4, 0.5) is 5.95 Å². The number of anilines is 1. The molecule has 0 saturated heterocycles. The summed E-state index contributed by atoms with van der Waals surface area (Å²) in [6.45, 7) is 1.68. The molecule has 0 radical (unpaired) electrons. The van der Waals surface area contributed by atoms with E-state index in [1.807, 2.05) is 0 Å². The molecule has 13 heavy (non-hydrogen) atoms. The molecule has 2 heterocycles. The normalized spacial score (nSPS) is 14.6. The molecule has 6 heteroatoms. The molecule has 0 saturated carbocycles. The fraction of sp³-hybridized carbons (Fsp3) is 0.286. The van der Waals surface area contributed by atoms with E-state index >= 15 is 0 Å². The van der Waals surface area contributed by atoms with E-state index in [1.165, 1.54) is 0 Å². The molecule has 0 atom stereocenters. The molecule has 0 spiro atoms. The molecule has 1 aromatic heterocycles. The second kappa shape index (κ2) is 3.70. The molecule has 1 aromatic rings. The van der Waals surface area contributed by atoms with E-state index in [1.54, 1.807) is 18.5 Å². The Bertz CT molecular complexity index is 295. The number of hydrogen-bond acceptors (Lipinski definition) is 6. The summed E-state index contributed by atoms with van der Waals surface area (Å²) in [6.07, 6.45) is 3.34. The number of guanidine groups is 1. The fourth-order valence-electron chi connectivity index (χ4n) is 0.960. The molecule has 2 rings (SSSR count). The van der Waals surface area contributed by atoms with Gasteiger partial charge >= 0.3 is 0 Å². The highest BCUT2D eigenvalue weighted by Crippen LogP contribution is 1.90. The summed E-state index contributed by atoms with van der Waals surface area (Å²) in [5.41, 5.74) is 5.68. The average Bonchev–Trinajstić information content (AvgIpc) is 2.69. The largest absolute Gasteiger partial charge is 0.353 e. The molecule has 6 nitrogen and oxygen atoms in total. The highest BCUT2D eigenvalue weighted by molar-refractivity contribution is 5.81. The lowest BCUT2D eigenvalue weighted by atomic mass is 10.7. The van der Waals surface area contributed by atoms with Crippen molar-refractivity contribution < 1.29 is 0 Å². The Labute approximate surface area is 75.5 Å². The second-order valence-corrected chi connectivity index (χ2v) is 2.48. The van der Waals surface area contributed by atoms with Gasteiger partial charge in [-0.25, -0.2) is 9.97 Å². The van der Waals surface area contributed by atoms with Crippen molar-refractivity contribution in [2.75, 3.05) is 18.5 Å². The van der Waals surface area contributed by atoms with Gasteiger partial charge in [-0.05, 0) is 6.07 Å². The molecule has 3 N–H and O–H groups in total. The van der Waals surface area contributed by atoms with Gasteiger partial charge in [0.15, 0.2) is 0 Å². The third-order valence-electron chi connectivity index (χ3n) is 1.53. The van der Waals surface area contributed by atoms with Gasteiger partial charge in [-0.3, -0.25) is 15.8 Å². The first kappa shape index (κ1) is 7.78. The predicted molar refractivity (Wildman–Crippen MR) is 49.1 cm³/mol. The number of nitrogens with one attached hydrogen (secondary N) is 3. The van der Waals surface area contributed by atoms with E-state index in [4.69, 9.17) is 0 Å². The van der Waals surface area contributed by atoms with E-state index in [9.17, 15) is 0 Å². The molecular formula is C7H10N6. The van der Waals surface area contributed by atoms with Crippen LogP contribution in [-0.2, 0) is 0 Å². The molecule has 68 valence electrons. The summed E-state index contributed by atoms with van der Waals surface area (Å²) >= 11 is 0. The summed E-state index contributed by atoms with van der Waals surface area (Å²) in [5, 5.41) is 3.05. The fourth-order valence-corrected chi connectivity index (χ4v) is 0.960. The van der Waals surface area contributed by atoms with Crippen LogP contribution < -0.4 is 16.2 Å². The summed E-state index contributed by atoms with van der Waals surface area (Å²) < 4.78 is 0. The first-order valence-electron chi connectivity index (χ1n) is 4.02. The smallest absolute Gasteiger partial charge is 0.241 e. The Morgan fingerprint density at radius 3 is 2.77 bits per heavy atom. The zero-order valence-corrected chi connectivity index (χ0v) is 6.99. The molecule has 0 amide bonds. The van der Waals surface area contributed by atoms with E-state index in [0.29, 0.717) is 5.95 Å². The summed E-state index contributed by atoms with van der Waals surface area (Å²) in [5.74, 6) is 1.26. The lowest BCUT2D eigenvalue weighted by molar-refractivity contribution is 0.929. The first-order valence-corrected chi connectivity index (χ1v) is 4.02. The van der Waals surface area contributed by atoms with Crippen LogP contribution >= 0.6 is 0 Å². The molecule has 0 aromatic carbocycles. The Morgan fingerprint density at radius 1 is 1.23 bits per heavy atom. The summed E-state index contributed by atoms with van der Waals surface area (Å²) in [4.78, 5) is 12.1. The van der Waals surface area contributed by atoms with Gasteiger partial charge in [0.25, 0.3) is 0 Å². The minimum Gasteiger partial charge on any atom is -0.353 e. The zero-order chi connectivity index (χ0) is 8.93. The third kappa shape index (κ3) is 2.05. The molecule has 1 aliphatic rings. The van der Waals surface area contributed by atoms with E-state index in [2.05, 4.69) is 31.1 Å². The topological polar surface area (TPSA) is 74.2 Å². The maximum absolute atomic E-state index is 4.13. The van der Waals surface area contributed by atoms with Crippen molar-refractivity contribution >= 4 is 11.9 Å². The SMILES string of the molecule is c1cnc(NNC2=NCCN2)nc1. The van der Waals surface area contributed by atoms with Gasteiger partial charge < -0.3 is 5.32 Å². The van der Waals surface area contributed by atoms with E-state index < -0.39 is 0 Å². The molecule has 0 fully saturated rings. The Balaban J connectivity index is 1.86. The second-order valence-electron chi connectivity index (χ2n) is 2.48. The predicted octanol–water partition coefficient (Wildman–Crippen LogP) is -0.648. The van der Waals surface area contributed by atoms with Gasteiger partial charge in [0, 0.05) is 18.9 Å². The minimum absolute atomic E-state index is 0.527. The number of nitrogens with zero attached hydrogens (tertiary/aromatic N) is 3. The molecule has 1 aliphatic heterocycles. The van der Waals surface area contributed by atoms with Crippen LogP contribution in [0.1, 0.15) is 0 Å². The van der Waals surface area contributed by atoms with Crippen molar-refractivity contribution in [2.45, 2.75) is 0 Å². The van der Waals surface area contributed by atoms with Crippen molar-refractivity contribution in [3.05, 3.63) is 18.5 Å². The van der Waals surface area contributed by atoms with Crippen molar-refractivity contribution in [1.82, 2.24) is 20.7 Å². The van der Waals surface area contributed by atoms with Crippen LogP contribution in [0.15, 0.2) is 23.5 Å². The van der Waals surface area contributed by atoms with Gasteiger partial charge in [-0.15, -0.1) is 0 Å². The number of aliphatic imine (C=N–C) groups is 1. The van der Waals surface area contributed by atoms with Gasteiger partial charge in [-0.1, -0.05) is 0 Å². The van der Waals surface area contributed by atoms with Crippen LogP contribution in [-0.4, -0.2) is 29.0 Å². The lowest BCUT2D eigenvalue weighted by Gasteiger charge is -2.06. The van der Waals surface area contributed by atoms with E-state index in [-0.39, 0.29) is 0 Å².